The maximum atomic E-state index is 4.72. The van der Waals surface area contributed by atoms with Gasteiger partial charge in [0.25, 0.3) is 0 Å². The van der Waals surface area contributed by atoms with E-state index in [0.717, 1.165) is 0 Å². The Morgan fingerprint density at radius 3 is 3.00 bits per heavy atom. The molecule has 0 N–H and O–H groups in total. The third-order valence-corrected chi connectivity index (χ3v) is 4.49. The summed E-state index contributed by atoms with van der Waals surface area (Å²) < 4.78 is 0. The van der Waals surface area contributed by atoms with Crippen LogP contribution in [0.15, 0.2) is 6.08 Å². The zero-order valence-corrected chi connectivity index (χ0v) is 8.66. The van der Waals surface area contributed by atoms with Gasteiger partial charge in [-0.3, -0.25) is 0 Å². The summed E-state index contributed by atoms with van der Waals surface area (Å²) in [5.74, 6) is 0. The number of nitrogens with zero attached hydrogens (tertiary/aromatic N) is 1. The maximum absolute atomic E-state index is 4.72. The first-order valence-corrected chi connectivity index (χ1v) is 5.76. The van der Waals surface area contributed by atoms with Gasteiger partial charge in [-0.15, -0.1) is 11.3 Å². The highest BCUT2D eigenvalue weighted by Gasteiger charge is 2.42. The number of allylic oxidation sites excluding steroid dienone is 1. The topological polar surface area (TPSA) is 12.9 Å². The minimum atomic E-state index is 0.454. The summed E-state index contributed by atoms with van der Waals surface area (Å²) in [6.45, 7) is 2.33. The molecule has 0 saturated heterocycles. The normalized spacial score (nSPS) is 22.8. The van der Waals surface area contributed by atoms with Crippen molar-refractivity contribution in [3.63, 3.8) is 0 Å². The highest BCUT2D eigenvalue weighted by atomic mass is 32.1. The minimum absolute atomic E-state index is 0.454. The SMILES string of the molecule is CC1(c2nc3c(s2)CCC=C3)CC1. The van der Waals surface area contributed by atoms with Crippen molar-refractivity contribution in [2.75, 3.05) is 0 Å². The lowest BCUT2D eigenvalue weighted by Crippen LogP contribution is -1.97. The Morgan fingerprint density at radius 1 is 1.46 bits per heavy atom. The van der Waals surface area contributed by atoms with E-state index in [-0.39, 0.29) is 0 Å². The second-order valence-electron chi connectivity index (χ2n) is 4.33. The van der Waals surface area contributed by atoms with Gasteiger partial charge in [-0.2, -0.15) is 0 Å². The molecule has 1 saturated carbocycles. The van der Waals surface area contributed by atoms with Gasteiger partial charge in [0.2, 0.25) is 0 Å². The Kier molecular flexibility index (Phi) is 1.46. The van der Waals surface area contributed by atoms with Crippen molar-refractivity contribution in [1.29, 1.82) is 0 Å². The van der Waals surface area contributed by atoms with Crippen LogP contribution in [-0.2, 0) is 11.8 Å². The molecule has 0 aliphatic heterocycles. The monoisotopic (exact) mass is 191 g/mol. The number of hydrogen-bond donors (Lipinski definition) is 0. The number of aromatic nitrogens is 1. The molecule has 0 amide bonds. The van der Waals surface area contributed by atoms with Crippen LogP contribution in [0.5, 0.6) is 0 Å². The first-order valence-electron chi connectivity index (χ1n) is 4.95. The van der Waals surface area contributed by atoms with Crippen LogP contribution < -0.4 is 0 Å². The van der Waals surface area contributed by atoms with Crippen molar-refractivity contribution in [3.8, 4) is 0 Å². The zero-order chi connectivity index (χ0) is 8.89. The molecule has 1 heterocycles. The molecule has 1 fully saturated rings. The van der Waals surface area contributed by atoms with Crippen molar-refractivity contribution in [3.05, 3.63) is 21.7 Å². The van der Waals surface area contributed by atoms with Crippen LogP contribution >= 0.6 is 11.3 Å². The molecule has 2 aliphatic rings. The summed E-state index contributed by atoms with van der Waals surface area (Å²) in [6, 6.07) is 0. The Balaban J connectivity index is 2.05. The molecule has 1 aromatic heterocycles. The standard InChI is InChI=1S/C11H13NS/c1-11(6-7-11)10-12-8-4-2-3-5-9(8)13-10/h2,4H,3,5-7H2,1H3. The van der Waals surface area contributed by atoms with Crippen molar-refractivity contribution >= 4 is 17.4 Å². The lowest BCUT2D eigenvalue weighted by atomic mass is 10.1. The van der Waals surface area contributed by atoms with E-state index in [1.165, 1.54) is 41.3 Å². The van der Waals surface area contributed by atoms with Crippen LogP contribution in [0, 0.1) is 0 Å². The fourth-order valence-corrected chi connectivity index (χ4v) is 3.01. The van der Waals surface area contributed by atoms with E-state index in [2.05, 4.69) is 19.1 Å². The second-order valence-corrected chi connectivity index (χ2v) is 5.41. The molecule has 2 aliphatic carbocycles. The molecule has 68 valence electrons. The number of hydrogen-bond acceptors (Lipinski definition) is 2. The van der Waals surface area contributed by atoms with Gasteiger partial charge in [0.05, 0.1) is 10.7 Å². The van der Waals surface area contributed by atoms with Gasteiger partial charge in [0.15, 0.2) is 0 Å². The van der Waals surface area contributed by atoms with E-state index in [1.54, 1.807) is 0 Å². The van der Waals surface area contributed by atoms with E-state index in [0.29, 0.717) is 5.41 Å². The maximum Gasteiger partial charge on any atom is 0.0994 e. The van der Waals surface area contributed by atoms with Gasteiger partial charge in [0.1, 0.15) is 0 Å². The van der Waals surface area contributed by atoms with E-state index in [9.17, 15) is 0 Å². The molecule has 0 aromatic carbocycles. The second kappa shape index (κ2) is 2.44. The third kappa shape index (κ3) is 1.16. The summed E-state index contributed by atoms with van der Waals surface area (Å²) in [5.41, 5.74) is 1.70. The summed E-state index contributed by atoms with van der Waals surface area (Å²) in [7, 11) is 0. The van der Waals surface area contributed by atoms with Gasteiger partial charge in [0, 0.05) is 10.3 Å². The predicted molar refractivity (Wildman–Crippen MR) is 56.1 cm³/mol. The molecule has 0 spiro atoms. The molecule has 1 nitrogen and oxygen atoms in total. The van der Waals surface area contributed by atoms with Crippen LogP contribution in [0.1, 0.15) is 41.8 Å². The Hall–Kier alpha value is -0.630. The quantitative estimate of drug-likeness (QED) is 0.664. The van der Waals surface area contributed by atoms with E-state index < -0.39 is 0 Å². The molecule has 0 unspecified atom stereocenters. The molecule has 0 atom stereocenters. The van der Waals surface area contributed by atoms with Crippen LogP contribution in [0.25, 0.3) is 6.08 Å². The fraction of sp³-hybridized carbons (Fsp3) is 0.545. The molecule has 0 bridgehead atoms. The molecule has 0 radical (unpaired) electrons. The van der Waals surface area contributed by atoms with Crippen LogP contribution in [0.4, 0.5) is 0 Å². The highest BCUT2D eigenvalue weighted by Crippen LogP contribution is 2.49. The van der Waals surface area contributed by atoms with Gasteiger partial charge in [-0.1, -0.05) is 13.0 Å². The van der Waals surface area contributed by atoms with Crippen molar-refractivity contribution in [1.82, 2.24) is 4.98 Å². The molecular formula is C11H13NS. The smallest absolute Gasteiger partial charge is 0.0994 e. The first kappa shape index (κ1) is 7.74. The van der Waals surface area contributed by atoms with Crippen LogP contribution in [-0.4, -0.2) is 4.98 Å². The Bertz CT molecular complexity index is 371. The van der Waals surface area contributed by atoms with E-state index in [1.807, 2.05) is 11.3 Å². The molecule has 13 heavy (non-hydrogen) atoms. The van der Waals surface area contributed by atoms with Crippen molar-refractivity contribution in [2.24, 2.45) is 0 Å². The van der Waals surface area contributed by atoms with E-state index in [4.69, 9.17) is 4.98 Å². The largest absolute Gasteiger partial charge is 0.241 e. The van der Waals surface area contributed by atoms with Crippen molar-refractivity contribution < 1.29 is 0 Å². The average molecular weight is 191 g/mol. The highest BCUT2D eigenvalue weighted by molar-refractivity contribution is 7.12. The zero-order valence-electron chi connectivity index (χ0n) is 7.84. The molecule has 1 aromatic rings. The lowest BCUT2D eigenvalue weighted by molar-refractivity contribution is 0.775. The van der Waals surface area contributed by atoms with E-state index >= 15 is 0 Å². The van der Waals surface area contributed by atoms with Crippen LogP contribution in [0.3, 0.4) is 0 Å². The third-order valence-electron chi connectivity index (χ3n) is 3.06. The summed E-state index contributed by atoms with van der Waals surface area (Å²) in [4.78, 5) is 6.22. The number of aryl methyl sites for hydroxylation is 1. The Labute approximate surface area is 82.5 Å². The lowest BCUT2D eigenvalue weighted by Gasteiger charge is -1.99. The predicted octanol–water partition coefficient (Wildman–Crippen LogP) is 3.15. The Morgan fingerprint density at radius 2 is 2.31 bits per heavy atom. The molecule has 3 rings (SSSR count). The average Bonchev–Trinajstić information content (AvgIpc) is 2.76. The van der Waals surface area contributed by atoms with Gasteiger partial charge in [-0.05, 0) is 31.8 Å². The molecular weight excluding hydrogens is 178 g/mol. The van der Waals surface area contributed by atoms with Crippen molar-refractivity contribution in [2.45, 2.75) is 38.0 Å². The first-order chi connectivity index (χ1) is 6.28. The number of thiazole rings is 1. The van der Waals surface area contributed by atoms with Gasteiger partial charge < -0.3 is 0 Å². The number of fused-ring (bicyclic) bond motifs is 1. The summed E-state index contributed by atoms with van der Waals surface area (Å²) in [6.07, 6.45) is 9.50. The van der Waals surface area contributed by atoms with Crippen LogP contribution in [0.2, 0.25) is 0 Å². The minimum Gasteiger partial charge on any atom is -0.241 e. The summed E-state index contributed by atoms with van der Waals surface area (Å²) >= 11 is 1.94. The molecule has 2 heteroatoms. The van der Waals surface area contributed by atoms with Gasteiger partial charge >= 0.3 is 0 Å². The summed E-state index contributed by atoms with van der Waals surface area (Å²) in [5, 5.41) is 1.38. The number of rotatable bonds is 1. The van der Waals surface area contributed by atoms with Gasteiger partial charge in [-0.25, -0.2) is 4.98 Å². The fourth-order valence-electron chi connectivity index (χ4n) is 1.74.